The van der Waals surface area contributed by atoms with Gasteiger partial charge in [-0.05, 0) is 25.6 Å². The molecule has 0 bridgehead atoms. The molecule has 0 aliphatic carbocycles. The van der Waals surface area contributed by atoms with Crippen LogP contribution in [0.1, 0.15) is 18.1 Å². The van der Waals surface area contributed by atoms with Crippen LogP contribution < -0.4 is 5.32 Å². The van der Waals surface area contributed by atoms with Gasteiger partial charge < -0.3 is 10.2 Å². The molecule has 134 valence electrons. The van der Waals surface area contributed by atoms with Crippen LogP contribution >= 0.6 is 0 Å². The van der Waals surface area contributed by atoms with Gasteiger partial charge in [0.15, 0.2) is 0 Å². The van der Waals surface area contributed by atoms with Gasteiger partial charge >= 0.3 is 6.18 Å². The quantitative estimate of drug-likeness (QED) is 0.888. The van der Waals surface area contributed by atoms with Crippen molar-refractivity contribution in [2.75, 3.05) is 39.8 Å². The molecular formula is C17H24F3N3O. The van der Waals surface area contributed by atoms with E-state index in [4.69, 9.17) is 0 Å². The standard InChI is InChI=1S/C17H24F3N3O/c1-13(23-8-6-22(2)7-9-23)12-21-16(24)11-14-4-3-5-15(10-14)17(18,19)20/h3-5,10,13H,6-9,11-12H2,1-2H3,(H,21,24)/t13-/m0/s1. The van der Waals surface area contributed by atoms with E-state index in [1.165, 1.54) is 6.07 Å². The molecule has 1 aromatic rings. The van der Waals surface area contributed by atoms with Crippen LogP contribution in [-0.4, -0.2) is 61.5 Å². The first-order valence-electron chi connectivity index (χ1n) is 8.11. The van der Waals surface area contributed by atoms with Gasteiger partial charge in [0, 0.05) is 38.8 Å². The second-order valence-electron chi connectivity index (χ2n) is 6.37. The molecule has 0 radical (unpaired) electrons. The highest BCUT2D eigenvalue weighted by atomic mass is 19.4. The topological polar surface area (TPSA) is 35.6 Å². The monoisotopic (exact) mass is 343 g/mol. The fraction of sp³-hybridized carbons (Fsp3) is 0.588. The van der Waals surface area contributed by atoms with Crippen molar-refractivity contribution >= 4 is 5.91 Å². The molecule has 1 saturated heterocycles. The summed E-state index contributed by atoms with van der Waals surface area (Å²) in [6, 6.07) is 5.13. The molecule has 1 aromatic carbocycles. The minimum absolute atomic E-state index is 0.0423. The van der Waals surface area contributed by atoms with Gasteiger partial charge in [0.2, 0.25) is 5.91 Å². The number of benzene rings is 1. The highest BCUT2D eigenvalue weighted by Gasteiger charge is 2.30. The van der Waals surface area contributed by atoms with E-state index >= 15 is 0 Å². The Bertz CT molecular complexity index is 554. The van der Waals surface area contributed by atoms with E-state index in [-0.39, 0.29) is 18.4 Å². The Hall–Kier alpha value is -1.60. The molecule has 1 N–H and O–H groups in total. The third kappa shape index (κ3) is 5.49. The van der Waals surface area contributed by atoms with Crippen LogP contribution in [0.15, 0.2) is 24.3 Å². The molecule has 1 atom stereocenters. The van der Waals surface area contributed by atoms with Crippen LogP contribution in [0, 0.1) is 0 Å². The van der Waals surface area contributed by atoms with Crippen molar-refractivity contribution in [3.63, 3.8) is 0 Å². The van der Waals surface area contributed by atoms with Gasteiger partial charge in [0.05, 0.1) is 12.0 Å². The molecule has 0 saturated carbocycles. The van der Waals surface area contributed by atoms with Gasteiger partial charge in [-0.3, -0.25) is 9.69 Å². The maximum atomic E-state index is 12.7. The van der Waals surface area contributed by atoms with Crippen molar-refractivity contribution in [1.29, 1.82) is 0 Å². The molecule has 24 heavy (non-hydrogen) atoms. The van der Waals surface area contributed by atoms with Gasteiger partial charge in [-0.2, -0.15) is 13.2 Å². The average Bonchev–Trinajstić information content (AvgIpc) is 2.53. The number of hydrogen-bond donors (Lipinski definition) is 1. The van der Waals surface area contributed by atoms with Gasteiger partial charge in [-0.1, -0.05) is 18.2 Å². The summed E-state index contributed by atoms with van der Waals surface area (Å²) in [5.74, 6) is -0.254. The lowest BCUT2D eigenvalue weighted by Gasteiger charge is -2.36. The summed E-state index contributed by atoms with van der Waals surface area (Å²) in [4.78, 5) is 16.6. The maximum Gasteiger partial charge on any atom is 0.416 e. The van der Waals surface area contributed by atoms with Crippen molar-refractivity contribution in [3.05, 3.63) is 35.4 Å². The third-order valence-corrected chi connectivity index (χ3v) is 4.37. The normalized spacial score (nSPS) is 18.4. The Morgan fingerprint density at radius 1 is 1.25 bits per heavy atom. The van der Waals surface area contributed by atoms with Crippen molar-refractivity contribution in [2.45, 2.75) is 25.6 Å². The van der Waals surface area contributed by atoms with Crippen molar-refractivity contribution in [1.82, 2.24) is 15.1 Å². The van der Waals surface area contributed by atoms with Crippen LogP contribution in [0.25, 0.3) is 0 Å². The van der Waals surface area contributed by atoms with E-state index < -0.39 is 11.7 Å². The Kier molecular flexibility index (Phi) is 6.23. The zero-order valence-electron chi connectivity index (χ0n) is 14.1. The molecule has 4 nitrogen and oxygen atoms in total. The number of piperazine rings is 1. The van der Waals surface area contributed by atoms with E-state index in [0.29, 0.717) is 12.1 Å². The van der Waals surface area contributed by atoms with E-state index in [0.717, 1.165) is 38.3 Å². The highest BCUT2D eigenvalue weighted by Crippen LogP contribution is 2.29. The predicted molar refractivity (Wildman–Crippen MR) is 86.7 cm³/mol. The van der Waals surface area contributed by atoms with E-state index in [1.807, 2.05) is 0 Å². The molecule has 2 rings (SSSR count). The first-order chi connectivity index (χ1) is 11.3. The number of amides is 1. The number of carbonyl (C=O) groups excluding carboxylic acids is 1. The largest absolute Gasteiger partial charge is 0.416 e. The zero-order valence-corrected chi connectivity index (χ0v) is 14.1. The number of hydrogen-bond acceptors (Lipinski definition) is 3. The number of rotatable bonds is 5. The first-order valence-corrected chi connectivity index (χ1v) is 8.11. The maximum absolute atomic E-state index is 12.7. The molecule has 1 heterocycles. The van der Waals surface area contributed by atoms with Crippen LogP contribution in [0.2, 0.25) is 0 Å². The third-order valence-electron chi connectivity index (χ3n) is 4.37. The molecule has 0 spiro atoms. The first kappa shape index (κ1) is 18.7. The average molecular weight is 343 g/mol. The van der Waals surface area contributed by atoms with Crippen molar-refractivity contribution < 1.29 is 18.0 Å². The Morgan fingerprint density at radius 3 is 2.54 bits per heavy atom. The van der Waals surface area contributed by atoms with E-state index in [2.05, 4.69) is 29.1 Å². The lowest BCUT2D eigenvalue weighted by atomic mass is 10.1. The summed E-state index contributed by atoms with van der Waals surface area (Å²) in [7, 11) is 2.08. The summed E-state index contributed by atoms with van der Waals surface area (Å²) in [6.07, 6.45) is -4.43. The Balaban J connectivity index is 1.81. The summed E-state index contributed by atoms with van der Waals surface area (Å²) in [6.45, 7) is 6.48. The molecule has 1 aliphatic rings. The lowest BCUT2D eigenvalue weighted by Crippen LogP contribution is -2.51. The smallest absolute Gasteiger partial charge is 0.354 e. The van der Waals surface area contributed by atoms with Crippen LogP contribution in [-0.2, 0) is 17.4 Å². The molecule has 1 amide bonds. The SMILES string of the molecule is C[C@@H](CNC(=O)Cc1cccc(C(F)(F)F)c1)N1CCN(C)CC1. The second-order valence-corrected chi connectivity index (χ2v) is 6.37. The van der Waals surface area contributed by atoms with Gasteiger partial charge in [0.1, 0.15) is 0 Å². The lowest BCUT2D eigenvalue weighted by molar-refractivity contribution is -0.137. The summed E-state index contributed by atoms with van der Waals surface area (Å²) in [5, 5.41) is 2.82. The predicted octanol–water partition coefficient (Wildman–Crippen LogP) is 2.00. The van der Waals surface area contributed by atoms with Gasteiger partial charge in [-0.15, -0.1) is 0 Å². The molecule has 7 heteroatoms. The Morgan fingerprint density at radius 2 is 1.92 bits per heavy atom. The van der Waals surface area contributed by atoms with E-state index in [9.17, 15) is 18.0 Å². The fourth-order valence-corrected chi connectivity index (χ4v) is 2.76. The zero-order chi connectivity index (χ0) is 17.7. The van der Waals surface area contributed by atoms with Crippen molar-refractivity contribution in [3.8, 4) is 0 Å². The number of halogens is 3. The molecule has 1 aliphatic heterocycles. The van der Waals surface area contributed by atoms with Crippen LogP contribution in [0.5, 0.6) is 0 Å². The molecule has 1 fully saturated rings. The van der Waals surface area contributed by atoms with Crippen LogP contribution in [0.3, 0.4) is 0 Å². The Labute approximate surface area is 140 Å². The summed E-state index contributed by atoms with van der Waals surface area (Å²) in [5.41, 5.74) is -0.354. The number of nitrogens with zero attached hydrogens (tertiary/aromatic N) is 2. The van der Waals surface area contributed by atoms with Crippen molar-refractivity contribution in [2.24, 2.45) is 0 Å². The van der Waals surface area contributed by atoms with Gasteiger partial charge in [0.25, 0.3) is 0 Å². The molecule has 0 unspecified atom stereocenters. The summed E-state index contributed by atoms with van der Waals surface area (Å²) < 4.78 is 38.0. The van der Waals surface area contributed by atoms with E-state index in [1.54, 1.807) is 6.07 Å². The molecular weight excluding hydrogens is 319 g/mol. The number of alkyl halides is 3. The minimum Gasteiger partial charge on any atom is -0.354 e. The minimum atomic E-state index is -4.39. The van der Waals surface area contributed by atoms with Crippen LogP contribution in [0.4, 0.5) is 13.2 Å². The molecule has 0 aromatic heterocycles. The number of likely N-dealkylation sites (N-methyl/N-ethyl adjacent to an activating group) is 1. The van der Waals surface area contributed by atoms with Gasteiger partial charge in [-0.25, -0.2) is 0 Å². The highest BCUT2D eigenvalue weighted by molar-refractivity contribution is 5.78. The number of carbonyl (C=O) groups is 1. The summed E-state index contributed by atoms with van der Waals surface area (Å²) >= 11 is 0. The number of nitrogens with one attached hydrogen (secondary N) is 1. The second kappa shape index (κ2) is 7.98. The fourth-order valence-electron chi connectivity index (χ4n) is 2.76.